The van der Waals surface area contributed by atoms with Gasteiger partial charge in [-0.3, -0.25) is 4.98 Å². The maximum Gasteiger partial charge on any atom is 0.0940 e. The summed E-state index contributed by atoms with van der Waals surface area (Å²) in [4.78, 5) is 4.21. The molecule has 0 radical (unpaired) electrons. The fourth-order valence-electron chi connectivity index (χ4n) is 3.25. The maximum atomic E-state index is 4.21. The van der Waals surface area contributed by atoms with Gasteiger partial charge in [-0.1, -0.05) is 66.2 Å². The van der Waals surface area contributed by atoms with Gasteiger partial charge in [0.05, 0.1) is 8.07 Å². The van der Waals surface area contributed by atoms with Crippen LogP contribution in [0.2, 0.25) is 18.1 Å². The first kappa shape index (κ1) is 13.3. The van der Waals surface area contributed by atoms with Crippen molar-refractivity contribution in [3.63, 3.8) is 0 Å². The Morgan fingerprint density at radius 2 is 1.75 bits per heavy atom. The molecule has 0 N–H and O–H groups in total. The van der Waals surface area contributed by atoms with Crippen molar-refractivity contribution < 1.29 is 0 Å². The van der Waals surface area contributed by atoms with E-state index in [0.29, 0.717) is 0 Å². The lowest BCUT2D eigenvalue weighted by molar-refractivity contribution is 0.894. The van der Waals surface area contributed by atoms with Crippen LogP contribution in [0, 0.1) is 0 Å². The van der Waals surface area contributed by atoms with Crippen molar-refractivity contribution in [2.24, 2.45) is 0 Å². The Kier molecular flexibility index (Phi) is 4.12. The topological polar surface area (TPSA) is 12.9 Å². The molecule has 0 unspecified atom stereocenters. The number of aryl methyl sites for hydroxylation is 1. The second-order valence-corrected chi connectivity index (χ2v) is 10.2. The Hall–Kier alpha value is -1.67. The first-order valence-electron chi connectivity index (χ1n) is 7.49. The quantitative estimate of drug-likeness (QED) is 0.597. The highest BCUT2D eigenvalue weighted by Crippen LogP contribution is 2.29. The van der Waals surface area contributed by atoms with Crippen molar-refractivity contribution in [3.8, 4) is 0 Å². The van der Waals surface area contributed by atoms with Crippen molar-refractivity contribution in [2.75, 3.05) is 0 Å². The van der Waals surface area contributed by atoms with Crippen molar-refractivity contribution in [1.82, 2.24) is 4.98 Å². The van der Waals surface area contributed by atoms with E-state index >= 15 is 0 Å². The lowest BCUT2D eigenvalue weighted by atomic mass is 10.2. The Labute approximate surface area is 122 Å². The number of aromatic nitrogens is 1. The second-order valence-electron chi connectivity index (χ2n) is 5.74. The van der Waals surface area contributed by atoms with Gasteiger partial charge >= 0.3 is 0 Å². The number of benzene rings is 1. The van der Waals surface area contributed by atoms with Gasteiger partial charge in [-0.05, 0) is 30.1 Å². The van der Waals surface area contributed by atoms with Crippen LogP contribution in [0.4, 0.5) is 0 Å². The largest absolute Gasteiger partial charge is 0.264 e. The van der Waals surface area contributed by atoms with Crippen LogP contribution >= 0.6 is 0 Å². The zero-order valence-corrected chi connectivity index (χ0v) is 12.8. The molecule has 0 bridgehead atoms. The molecule has 2 heteroatoms. The van der Waals surface area contributed by atoms with Gasteiger partial charge in [-0.25, -0.2) is 0 Å². The van der Waals surface area contributed by atoms with Crippen LogP contribution in [-0.2, 0) is 6.42 Å². The summed E-state index contributed by atoms with van der Waals surface area (Å²) in [7, 11) is -1.29. The van der Waals surface area contributed by atoms with Gasteiger partial charge < -0.3 is 0 Å². The van der Waals surface area contributed by atoms with E-state index in [1.54, 1.807) is 5.19 Å². The molecule has 102 valence electrons. The zero-order valence-electron chi connectivity index (χ0n) is 11.8. The van der Waals surface area contributed by atoms with E-state index in [2.05, 4.69) is 53.5 Å². The summed E-state index contributed by atoms with van der Waals surface area (Å²) in [6.07, 6.45) is 11.1. The molecule has 0 aliphatic carbocycles. The molecular weight excluding hydrogens is 258 g/mol. The third-order valence-electron chi connectivity index (χ3n) is 4.41. The third kappa shape index (κ3) is 2.91. The molecule has 1 aromatic heterocycles. The standard InChI is InChI=1S/C18H21NSi/c1-2-10-18(11-3-1)20(13-4-5-14-20)15-7-9-17-8-6-12-19-16-17/h1-6,8,10-12,16H,7,9,13-15H2. The van der Waals surface area contributed by atoms with Gasteiger partial charge in [-0.15, -0.1) is 0 Å². The minimum absolute atomic E-state index is 1.16. The monoisotopic (exact) mass is 279 g/mol. The van der Waals surface area contributed by atoms with E-state index in [9.17, 15) is 0 Å². The van der Waals surface area contributed by atoms with Crippen molar-refractivity contribution >= 4 is 13.3 Å². The molecule has 1 nitrogen and oxygen atoms in total. The fourth-order valence-corrected chi connectivity index (χ4v) is 7.58. The summed E-state index contributed by atoms with van der Waals surface area (Å²) in [5.41, 5.74) is 1.37. The molecular formula is C18H21NSi. The molecule has 0 spiro atoms. The predicted octanol–water partition coefficient (Wildman–Crippen LogP) is 3.94. The first-order valence-corrected chi connectivity index (χ1v) is 10.1. The lowest BCUT2D eigenvalue weighted by Gasteiger charge is -2.27. The van der Waals surface area contributed by atoms with E-state index < -0.39 is 8.07 Å². The van der Waals surface area contributed by atoms with Crippen molar-refractivity contribution in [3.05, 3.63) is 72.6 Å². The van der Waals surface area contributed by atoms with Gasteiger partial charge in [0.2, 0.25) is 0 Å². The van der Waals surface area contributed by atoms with Crippen LogP contribution in [0.1, 0.15) is 12.0 Å². The molecule has 2 heterocycles. The minimum atomic E-state index is -1.29. The van der Waals surface area contributed by atoms with Gasteiger partial charge in [0.15, 0.2) is 0 Å². The van der Waals surface area contributed by atoms with E-state index in [-0.39, 0.29) is 0 Å². The Morgan fingerprint density at radius 3 is 2.45 bits per heavy atom. The Morgan fingerprint density at radius 1 is 0.950 bits per heavy atom. The number of pyridine rings is 1. The highest BCUT2D eigenvalue weighted by atomic mass is 28.3. The average Bonchev–Trinajstić information content (AvgIpc) is 2.99. The third-order valence-corrected chi connectivity index (χ3v) is 9.32. The van der Waals surface area contributed by atoms with Crippen molar-refractivity contribution in [2.45, 2.75) is 31.0 Å². The number of hydrogen-bond donors (Lipinski definition) is 0. The minimum Gasteiger partial charge on any atom is -0.264 e. The van der Waals surface area contributed by atoms with Crippen LogP contribution in [0.5, 0.6) is 0 Å². The summed E-state index contributed by atoms with van der Waals surface area (Å²) in [6, 6.07) is 19.5. The SMILES string of the molecule is C1=CC[Si](CCCc2cccnc2)(c2ccccc2)C1. The molecule has 0 atom stereocenters. The van der Waals surface area contributed by atoms with Crippen LogP contribution in [0.15, 0.2) is 67.0 Å². The smallest absolute Gasteiger partial charge is 0.0940 e. The van der Waals surface area contributed by atoms with Crippen LogP contribution in [0.25, 0.3) is 0 Å². The molecule has 0 saturated carbocycles. The molecule has 20 heavy (non-hydrogen) atoms. The Bertz CT molecular complexity index is 554. The van der Waals surface area contributed by atoms with Gasteiger partial charge in [0.1, 0.15) is 0 Å². The summed E-state index contributed by atoms with van der Waals surface area (Å²) in [5.74, 6) is 0. The Balaban J connectivity index is 1.67. The fraction of sp³-hybridized carbons (Fsp3) is 0.278. The van der Waals surface area contributed by atoms with Crippen LogP contribution in [-0.4, -0.2) is 13.1 Å². The number of nitrogens with zero attached hydrogens (tertiary/aromatic N) is 1. The highest BCUT2D eigenvalue weighted by molar-refractivity contribution is 6.93. The van der Waals surface area contributed by atoms with Crippen molar-refractivity contribution in [1.29, 1.82) is 0 Å². The average molecular weight is 279 g/mol. The molecule has 0 amide bonds. The molecule has 2 aromatic rings. The zero-order chi connectivity index (χ0) is 13.7. The van der Waals surface area contributed by atoms with Crippen LogP contribution in [0.3, 0.4) is 0 Å². The van der Waals surface area contributed by atoms with E-state index in [0.717, 1.165) is 6.42 Å². The summed E-state index contributed by atoms with van der Waals surface area (Å²) in [6.45, 7) is 0. The van der Waals surface area contributed by atoms with E-state index in [1.165, 1.54) is 30.1 Å². The second kappa shape index (κ2) is 6.19. The number of hydrogen-bond acceptors (Lipinski definition) is 1. The highest BCUT2D eigenvalue weighted by Gasteiger charge is 2.34. The summed E-state index contributed by atoms with van der Waals surface area (Å²) < 4.78 is 0. The lowest BCUT2D eigenvalue weighted by Crippen LogP contribution is -2.45. The molecule has 1 aliphatic rings. The van der Waals surface area contributed by atoms with Gasteiger partial charge in [0.25, 0.3) is 0 Å². The number of rotatable bonds is 5. The summed E-state index contributed by atoms with van der Waals surface area (Å²) >= 11 is 0. The predicted molar refractivity (Wildman–Crippen MR) is 87.9 cm³/mol. The normalized spacial score (nSPS) is 16.4. The van der Waals surface area contributed by atoms with Crippen LogP contribution < -0.4 is 5.19 Å². The maximum absolute atomic E-state index is 4.21. The van der Waals surface area contributed by atoms with E-state index in [4.69, 9.17) is 0 Å². The molecule has 3 rings (SSSR count). The first-order chi connectivity index (χ1) is 9.89. The molecule has 1 aromatic carbocycles. The van der Waals surface area contributed by atoms with E-state index in [1.807, 2.05) is 18.5 Å². The van der Waals surface area contributed by atoms with Gasteiger partial charge in [0, 0.05) is 12.4 Å². The number of allylic oxidation sites excluding steroid dienone is 2. The molecule has 1 aliphatic heterocycles. The molecule has 0 fully saturated rings. The summed E-state index contributed by atoms with van der Waals surface area (Å²) in [5, 5.41) is 1.64. The van der Waals surface area contributed by atoms with Gasteiger partial charge in [-0.2, -0.15) is 0 Å². The molecule has 0 saturated heterocycles.